The maximum Gasteiger partial charge on any atom is 0.340 e. The minimum Gasteiger partial charge on any atom is -0.493 e. The van der Waals surface area contributed by atoms with E-state index in [-0.39, 0.29) is 6.61 Å². The molecule has 2 aromatic rings. The van der Waals surface area contributed by atoms with Gasteiger partial charge in [-0.3, -0.25) is 0 Å². The fourth-order valence-electron chi connectivity index (χ4n) is 1.73. The van der Waals surface area contributed by atoms with Crippen molar-refractivity contribution in [1.82, 2.24) is 0 Å². The molecule has 0 saturated carbocycles. The van der Waals surface area contributed by atoms with Crippen LogP contribution in [0, 0.1) is 0 Å². The fraction of sp³-hybridized carbons (Fsp3) is 0.188. The largest absolute Gasteiger partial charge is 0.493 e. The van der Waals surface area contributed by atoms with Crippen LogP contribution in [0.5, 0.6) is 5.75 Å². The molecule has 21 heavy (non-hydrogen) atoms. The van der Waals surface area contributed by atoms with Crippen LogP contribution < -0.4 is 10.5 Å². The zero-order chi connectivity index (χ0) is 15.1. The number of hydrogen-bond acceptors (Lipinski definition) is 4. The van der Waals surface area contributed by atoms with Crippen molar-refractivity contribution in [2.45, 2.75) is 6.42 Å². The van der Waals surface area contributed by atoms with Crippen molar-refractivity contribution in [3.63, 3.8) is 0 Å². The second-order valence-corrected chi connectivity index (χ2v) is 4.82. The number of hydrogen-bond donors (Lipinski definition) is 1. The van der Waals surface area contributed by atoms with Gasteiger partial charge in [-0.1, -0.05) is 29.8 Å². The van der Waals surface area contributed by atoms with Crippen molar-refractivity contribution in [3.05, 3.63) is 59.1 Å². The number of anilines is 1. The lowest BCUT2D eigenvalue weighted by Gasteiger charge is -2.08. The number of carbonyl (C=O) groups excluding carboxylic acids is 1. The van der Waals surface area contributed by atoms with Gasteiger partial charge < -0.3 is 15.2 Å². The molecule has 0 fully saturated rings. The minimum absolute atomic E-state index is 0.272. The highest BCUT2D eigenvalue weighted by molar-refractivity contribution is 6.31. The van der Waals surface area contributed by atoms with Crippen LogP contribution in [0.25, 0.3) is 0 Å². The lowest BCUT2D eigenvalue weighted by Crippen LogP contribution is -2.11. The number of carbonyl (C=O) groups is 1. The molecule has 2 aromatic carbocycles. The van der Waals surface area contributed by atoms with Gasteiger partial charge in [0, 0.05) is 17.1 Å². The molecule has 0 aliphatic heterocycles. The third kappa shape index (κ3) is 4.68. The van der Waals surface area contributed by atoms with E-state index in [1.807, 2.05) is 30.3 Å². The Balaban J connectivity index is 1.72. The molecule has 0 aliphatic rings. The van der Waals surface area contributed by atoms with Gasteiger partial charge in [-0.25, -0.2) is 4.79 Å². The molecular formula is C16H16ClNO3. The van der Waals surface area contributed by atoms with Crippen molar-refractivity contribution in [2.24, 2.45) is 0 Å². The predicted molar refractivity (Wildman–Crippen MR) is 82.7 cm³/mol. The summed E-state index contributed by atoms with van der Waals surface area (Å²) in [5, 5.41) is 0.486. The summed E-state index contributed by atoms with van der Waals surface area (Å²) < 4.78 is 10.6. The van der Waals surface area contributed by atoms with Gasteiger partial charge in [-0.2, -0.15) is 0 Å². The smallest absolute Gasteiger partial charge is 0.340 e. The van der Waals surface area contributed by atoms with E-state index in [0.29, 0.717) is 29.3 Å². The van der Waals surface area contributed by atoms with Gasteiger partial charge >= 0.3 is 5.97 Å². The Bertz CT molecular complexity index is 602. The summed E-state index contributed by atoms with van der Waals surface area (Å²) in [5.41, 5.74) is 6.35. The Kier molecular flexibility index (Phi) is 5.46. The second kappa shape index (κ2) is 7.55. The van der Waals surface area contributed by atoms with Gasteiger partial charge in [0.1, 0.15) is 5.75 Å². The van der Waals surface area contributed by atoms with Gasteiger partial charge in [0.2, 0.25) is 0 Å². The molecule has 0 saturated heterocycles. The highest BCUT2D eigenvalue weighted by Gasteiger charge is 2.11. The number of nitrogen functional groups attached to an aromatic ring is 1. The molecule has 0 aliphatic carbocycles. The van der Waals surface area contributed by atoms with E-state index in [1.165, 1.54) is 6.07 Å². The number of rotatable bonds is 6. The van der Waals surface area contributed by atoms with E-state index in [1.54, 1.807) is 12.1 Å². The summed E-state index contributed by atoms with van der Waals surface area (Å²) in [6, 6.07) is 14.2. The Morgan fingerprint density at radius 1 is 1.10 bits per heavy atom. The lowest BCUT2D eigenvalue weighted by molar-refractivity contribution is 0.0487. The average Bonchev–Trinajstić information content (AvgIpc) is 2.47. The maximum atomic E-state index is 11.8. The predicted octanol–water partition coefficient (Wildman–Crippen LogP) is 3.55. The van der Waals surface area contributed by atoms with Crippen LogP contribution in [0.1, 0.15) is 16.8 Å². The Morgan fingerprint density at radius 2 is 1.86 bits per heavy atom. The number of halogens is 1. The minimum atomic E-state index is -0.455. The Labute approximate surface area is 128 Å². The zero-order valence-electron chi connectivity index (χ0n) is 11.4. The molecule has 0 spiro atoms. The molecule has 110 valence electrons. The van der Waals surface area contributed by atoms with Crippen LogP contribution in [0.4, 0.5) is 5.69 Å². The van der Waals surface area contributed by atoms with Crippen LogP contribution in [0.3, 0.4) is 0 Å². The summed E-state index contributed by atoms with van der Waals surface area (Å²) in [7, 11) is 0. The van der Waals surface area contributed by atoms with Crippen molar-refractivity contribution in [3.8, 4) is 5.75 Å². The molecular weight excluding hydrogens is 290 g/mol. The number of para-hydroxylation sites is 1. The Hall–Kier alpha value is -2.20. The van der Waals surface area contributed by atoms with Crippen molar-refractivity contribution >= 4 is 23.3 Å². The van der Waals surface area contributed by atoms with Crippen LogP contribution >= 0.6 is 11.6 Å². The van der Waals surface area contributed by atoms with Crippen molar-refractivity contribution < 1.29 is 14.3 Å². The first-order chi connectivity index (χ1) is 10.2. The first kappa shape index (κ1) is 15.2. The molecule has 0 aromatic heterocycles. The van der Waals surface area contributed by atoms with E-state index < -0.39 is 5.97 Å². The summed E-state index contributed by atoms with van der Waals surface area (Å²) >= 11 is 5.78. The third-order valence-electron chi connectivity index (χ3n) is 2.77. The average molecular weight is 306 g/mol. The van der Waals surface area contributed by atoms with Crippen LogP contribution in [-0.2, 0) is 4.74 Å². The van der Waals surface area contributed by atoms with E-state index in [4.69, 9.17) is 26.8 Å². The monoisotopic (exact) mass is 305 g/mol. The molecule has 0 atom stereocenters. The fourth-order valence-corrected chi connectivity index (χ4v) is 1.91. The number of nitrogens with two attached hydrogens (primary N) is 1. The molecule has 0 amide bonds. The zero-order valence-corrected chi connectivity index (χ0v) is 12.2. The Morgan fingerprint density at radius 3 is 2.57 bits per heavy atom. The van der Waals surface area contributed by atoms with Gasteiger partial charge in [-0.15, -0.1) is 0 Å². The maximum absolute atomic E-state index is 11.8. The van der Waals surface area contributed by atoms with Crippen LogP contribution in [0.15, 0.2) is 48.5 Å². The van der Waals surface area contributed by atoms with Crippen LogP contribution in [-0.4, -0.2) is 19.2 Å². The first-order valence-corrected chi connectivity index (χ1v) is 6.94. The third-order valence-corrected chi connectivity index (χ3v) is 3.00. The SMILES string of the molecule is Nc1cc(Cl)ccc1C(=O)OCCCOc1ccccc1. The number of esters is 1. The van der Waals surface area contributed by atoms with Crippen molar-refractivity contribution in [2.75, 3.05) is 18.9 Å². The van der Waals surface area contributed by atoms with E-state index >= 15 is 0 Å². The summed E-state index contributed by atoms with van der Waals surface area (Å²) in [6.07, 6.45) is 0.605. The topological polar surface area (TPSA) is 61.6 Å². The quantitative estimate of drug-likeness (QED) is 0.503. The molecule has 2 rings (SSSR count). The molecule has 0 bridgehead atoms. The normalized spacial score (nSPS) is 10.1. The second-order valence-electron chi connectivity index (χ2n) is 4.38. The van der Waals surface area contributed by atoms with Gasteiger partial charge in [0.15, 0.2) is 0 Å². The summed E-state index contributed by atoms with van der Waals surface area (Å²) in [6.45, 7) is 0.751. The molecule has 0 heterocycles. The molecule has 0 radical (unpaired) electrons. The van der Waals surface area contributed by atoms with E-state index in [0.717, 1.165) is 5.75 Å². The van der Waals surface area contributed by atoms with Crippen LogP contribution in [0.2, 0.25) is 5.02 Å². The van der Waals surface area contributed by atoms with E-state index in [9.17, 15) is 4.79 Å². The molecule has 5 heteroatoms. The standard InChI is InChI=1S/C16H16ClNO3/c17-12-7-8-14(15(18)11-12)16(19)21-10-4-9-20-13-5-2-1-3-6-13/h1-3,5-8,11H,4,9-10,18H2. The van der Waals surface area contributed by atoms with E-state index in [2.05, 4.69) is 0 Å². The van der Waals surface area contributed by atoms with Gasteiger partial charge in [-0.05, 0) is 30.3 Å². The summed E-state index contributed by atoms with van der Waals surface area (Å²) in [5.74, 6) is 0.342. The first-order valence-electron chi connectivity index (χ1n) is 6.57. The highest BCUT2D eigenvalue weighted by atomic mass is 35.5. The molecule has 0 unspecified atom stereocenters. The number of ether oxygens (including phenoxy) is 2. The van der Waals surface area contributed by atoms with Gasteiger partial charge in [0.05, 0.1) is 18.8 Å². The highest BCUT2D eigenvalue weighted by Crippen LogP contribution is 2.18. The molecule has 4 nitrogen and oxygen atoms in total. The lowest BCUT2D eigenvalue weighted by atomic mass is 10.2. The van der Waals surface area contributed by atoms with Gasteiger partial charge in [0.25, 0.3) is 0 Å². The summed E-state index contributed by atoms with van der Waals surface area (Å²) in [4.78, 5) is 11.8. The number of benzene rings is 2. The molecule has 2 N–H and O–H groups in total. The van der Waals surface area contributed by atoms with Crippen molar-refractivity contribution in [1.29, 1.82) is 0 Å².